The molecule has 0 saturated carbocycles. The molecule has 1 fully saturated rings. The van der Waals surface area contributed by atoms with Gasteiger partial charge in [0.05, 0.1) is 5.69 Å². The van der Waals surface area contributed by atoms with Gasteiger partial charge in [-0.3, -0.25) is 0 Å². The lowest BCUT2D eigenvalue weighted by molar-refractivity contribution is 0.189. The van der Waals surface area contributed by atoms with E-state index in [2.05, 4.69) is 22.1 Å². The van der Waals surface area contributed by atoms with Gasteiger partial charge in [-0.15, -0.1) is 5.10 Å². The largest absolute Gasteiger partial charge is 0.305 e. The monoisotopic (exact) mass is 197 g/mol. The first-order valence-electron chi connectivity index (χ1n) is 4.35. The molecule has 2 rings (SSSR count). The molecule has 0 bridgehead atoms. The number of aromatic nitrogens is 2. The first-order valence-corrected chi connectivity index (χ1v) is 4.73. The van der Waals surface area contributed by atoms with Crippen molar-refractivity contribution in [2.45, 2.75) is 12.8 Å². The van der Waals surface area contributed by atoms with Gasteiger partial charge >= 0.3 is 0 Å². The van der Waals surface area contributed by atoms with Gasteiger partial charge in [0.25, 0.3) is 0 Å². The molecule has 0 spiro atoms. The van der Waals surface area contributed by atoms with Gasteiger partial charge in [0.2, 0.25) is 0 Å². The summed E-state index contributed by atoms with van der Waals surface area (Å²) in [4.78, 5) is 2.28. The SMILES string of the molecule is Cc1nnc(Cl)cc1C1CN(C)C1. The van der Waals surface area contributed by atoms with E-state index in [9.17, 15) is 0 Å². The van der Waals surface area contributed by atoms with Crippen LogP contribution in [0, 0.1) is 6.92 Å². The van der Waals surface area contributed by atoms with Crippen molar-refractivity contribution < 1.29 is 0 Å². The van der Waals surface area contributed by atoms with Crippen molar-refractivity contribution >= 4 is 11.6 Å². The minimum Gasteiger partial charge on any atom is -0.305 e. The fraction of sp³-hybridized carbons (Fsp3) is 0.556. The smallest absolute Gasteiger partial charge is 0.152 e. The zero-order chi connectivity index (χ0) is 9.42. The van der Waals surface area contributed by atoms with E-state index in [-0.39, 0.29) is 0 Å². The van der Waals surface area contributed by atoms with Crippen molar-refractivity contribution in [2.24, 2.45) is 0 Å². The summed E-state index contributed by atoms with van der Waals surface area (Å²) in [6, 6.07) is 1.93. The van der Waals surface area contributed by atoms with Crippen LogP contribution in [0.4, 0.5) is 0 Å². The topological polar surface area (TPSA) is 29.0 Å². The molecule has 4 heteroatoms. The summed E-state index contributed by atoms with van der Waals surface area (Å²) < 4.78 is 0. The first-order chi connectivity index (χ1) is 6.16. The lowest BCUT2D eigenvalue weighted by atomic mass is 9.92. The van der Waals surface area contributed by atoms with Crippen LogP contribution in [0.2, 0.25) is 5.15 Å². The van der Waals surface area contributed by atoms with E-state index in [1.165, 1.54) is 5.56 Å². The average molecular weight is 198 g/mol. The van der Waals surface area contributed by atoms with Crippen LogP contribution in [0.5, 0.6) is 0 Å². The molecule has 1 aliphatic heterocycles. The Balaban J connectivity index is 2.24. The predicted octanol–water partition coefficient (Wildman–Crippen LogP) is 1.47. The average Bonchev–Trinajstić information content (AvgIpc) is 2.04. The summed E-state index contributed by atoms with van der Waals surface area (Å²) in [6.07, 6.45) is 0. The number of nitrogens with zero attached hydrogens (tertiary/aromatic N) is 3. The normalized spacial score (nSPS) is 18.7. The van der Waals surface area contributed by atoms with Crippen molar-refractivity contribution in [3.8, 4) is 0 Å². The van der Waals surface area contributed by atoms with E-state index in [4.69, 9.17) is 11.6 Å². The fourth-order valence-electron chi connectivity index (χ4n) is 1.75. The Bertz CT molecular complexity index is 321. The maximum Gasteiger partial charge on any atom is 0.152 e. The Morgan fingerprint density at radius 3 is 2.77 bits per heavy atom. The van der Waals surface area contributed by atoms with Crippen LogP contribution in [-0.2, 0) is 0 Å². The number of hydrogen-bond acceptors (Lipinski definition) is 3. The summed E-state index contributed by atoms with van der Waals surface area (Å²) in [5.74, 6) is 0.595. The first kappa shape index (κ1) is 8.91. The van der Waals surface area contributed by atoms with E-state index in [1.807, 2.05) is 13.0 Å². The molecule has 0 amide bonds. The number of aryl methyl sites for hydroxylation is 1. The van der Waals surface area contributed by atoms with E-state index in [0.717, 1.165) is 18.8 Å². The molecule has 3 nitrogen and oxygen atoms in total. The highest BCUT2D eigenvalue weighted by atomic mass is 35.5. The van der Waals surface area contributed by atoms with Gasteiger partial charge in [-0.1, -0.05) is 11.6 Å². The Morgan fingerprint density at radius 2 is 2.15 bits per heavy atom. The molecule has 0 aromatic carbocycles. The third-order valence-corrected chi connectivity index (χ3v) is 2.68. The van der Waals surface area contributed by atoms with E-state index in [0.29, 0.717) is 11.1 Å². The maximum atomic E-state index is 5.79. The number of likely N-dealkylation sites (N-methyl/N-ethyl adjacent to an activating group) is 1. The second-order valence-corrected chi connectivity index (χ2v) is 4.01. The highest BCUT2D eigenvalue weighted by molar-refractivity contribution is 6.29. The van der Waals surface area contributed by atoms with Crippen LogP contribution in [-0.4, -0.2) is 35.2 Å². The van der Waals surface area contributed by atoms with Crippen molar-refractivity contribution in [2.75, 3.05) is 20.1 Å². The molecule has 70 valence electrons. The van der Waals surface area contributed by atoms with Gasteiger partial charge in [0, 0.05) is 19.0 Å². The predicted molar refractivity (Wildman–Crippen MR) is 52.0 cm³/mol. The number of hydrogen-bond donors (Lipinski definition) is 0. The zero-order valence-corrected chi connectivity index (χ0v) is 8.54. The number of halogens is 1. The second-order valence-electron chi connectivity index (χ2n) is 3.63. The lowest BCUT2D eigenvalue weighted by Crippen LogP contribution is -2.42. The molecule has 0 radical (unpaired) electrons. The molecular weight excluding hydrogens is 186 g/mol. The van der Waals surface area contributed by atoms with Crippen molar-refractivity contribution in [1.82, 2.24) is 15.1 Å². The Labute approximate surface area is 82.7 Å². The summed E-state index contributed by atoms with van der Waals surface area (Å²) in [5, 5.41) is 8.30. The van der Waals surface area contributed by atoms with E-state index in [1.54, 1.807) is 0 Å². The molecule has 0 aliphatic carbocycles. The summed E-state index contributed by atoms with van der Waals surface area (Å²) >= 11 is 5.79. The lowest BCUT2D eigenvalue weighted by Gasteiger charge is -2.36. The van der Waals surface area contributed by atoms with Crippen LogP contribution in [0.3, 0.4) is 0 Å². The van der Waals surface area contributed by atoms with Gasteiger partial charge in [-0.2, -0.15) is 5.10 Å². The van der Waals surface area contributed by atoms with Gasteiger partial charge in [-0.05, 0) is 25.6 Å². The van der Waals surface area contributed by atoms with Crippen LogP contribution < -0.4 is 0 Å². The van der Waals surface area contributed by atoms with Crippen LogP contribution in [0.1, 0.15) is 17.2 Å². The molecular formula is C9H12ClN3. The van der Waals surface area contributed by atoms with Crippen LogP contribution in [0.25, 0.3) is 0 Å². The van der Waals surface area contributed by atoms with Crippen molar-refractivity contribution in [3.05, 3.63) is 22.5 Å². The van der Waals surface area contributed by atoms with E-state index < -0.39 is 0 Å². The third kappa shape index (κ3) is 1.67. The van der Waals surface area contributed by atoms with E-state index >= 15 is 0 Å². The highest BCUT2D eigenvalue weighted by Crippen LogP contribution is 2.27. The summed E-state index contributed by atoms with van der Waals surface area (Å²) in [5.41, 5.74) is 2.25. The third-order valence-electron chi connectivity index (χ3n) is 2.49. The molecule has 13 heavy (non-hydrogen) atoms. The molecule has 0 N–H and O–H groups in total. The number of rotatable bonds is 1. The van der Waals surface area contributed by atoms with Crippen LogP contribution >= 0.6 is 11.6 Å². The summed E-state index contributed by atoms with van der Waals surface area (Å²) in [6.45, 7) is 4.18. The highest BCUT2D eigenvalue weighted by Gasteiger charge is 2.26. The Morgan fingerprint density at radius 1 is 1.46 bits per heavy atom. The maximum absolute atomic E-state index is 5.79. The summed E-state index contributed by atoms with van der Waals surface area (Å²) in [7, 11) is 2.11. The number of likely N-dealkylation sites (tertiary alicyclic amines) is 1. The molecule has 1 aliphatic rings. The Kier molecular flexibility index (Phi) is 2.22. The Hall–Kier alpha value is -0.670. The minimum atomic E-state index is 0.496. The molecule has 1 aromatic rings. The van der Waals surface area contributed by atoms with Crippen LogP contribution in [0.15, 0.2) is 6.07 Å². The molecule has 1 aromatic heterocycles. The molecule has 1 saturated heterocycles. The standard InChI is InChI=1S/C9H12ClN3/c1-6-8(3-9(10)12-11-6)7-4-13(2)5-7/h3,7H,4-5H2,1-2H3. The second kappa shape index (κ2) is 3.24. The molecule has 2 heterocycles. The fourth-order valence-corrected chi connectivity index (χ4v) is 1.91. The van der Waals surface area contributed by atoms with Gasteiger partial charge < -0.3 is 4.90 Å². The van der Waals surface area contributed by atoms with Gasteiger partial charge in [0.1, 0.15) is 0 Å². The molecule has 0 atom stereocenters. The molecule has 0 unspecified atom stereocenters. The van der Waals surface area contributed by atoms with Gasteiger partial charge in [0.15, 0.2) is 5.15 Å². The van der Waals surface area contributed by atoms with Crippen molar-refractivity contribution in [1.29, 1.82) is 0 Å². The minimum absolute atomic E-state index is 0.496. The quantitative estimate of drug-likeness (QED) is 0.683. The zero-order valence-electron chi connectivity index (χ0n) is 7.79. The van der Waals surface area contributed by atoms with Gasteiger partial charge in [-0.25, -0.2) is 0 Å². The van der Waals surface area contributed by atoms with Crippen molar-refractivity contribution in [3.63, 3.8) is 0 Å².